The van der Waals surface area contributed by atoms with Crippen molar-refractivity contribution in [1.29, 1.82) is 0 Å². The number of rotatable bonds is 11. The Bertz CT molecular complexity index is 1060. The first-order chi connectivity index (χ1) is 20.6. The molecular weight excluding hydrogens is 552 g/mol. The molecule has 4 aliphatic carbocycles. The summed E-state index contributed by atoms with van der Waals surface area (Å²) in [5.74, 6) is 6.13. The Labute approximate surface area is 266 Å². The number of ether oxygens (including phenoxy) is 1. The van der Waals surface area contributed by atoms with Crippen LogP contribution in [0.1, 0.15) is 131 Å². The highest BCUT2D eigenvalue weighted by atomic mass is 32.2. The smallest absolute Gasteiger partial charge is 0.315 e. The number of carbonyl (C=O) groups is 2. The molecule has 2 saturated heterocycles. The van der Waals surface area contributed by atoms with E-state index in [0.29, 0.717) is 22.5 Å². The molecule has 0 radical (unpaired) electrons. The van der Waals surface area contributed by atoms with Crippen LogP contribution in [0.4, 0.5) is 4.79 Å². The number of thioether (sulfide) groups is 1. The first-order valence-electron chi connectivity index (χ1n) is 18.2. The zero-order valence-electron chi connectivity index (χ0n) is 27.8. The van der Waals surface area contributed by atoms with Crippen LogP contribution in [0.25, 0.3) is 0 Å². The van der Waals surface area contributed by atoms with Crippen molar-refractivity contribution in [3.8, 4) is 0 Å². The number of carbonyl (C=O) groups excluding carboxylic acids is 2. The second-order valence-electron chi connectivity index (χ2n) is 16.5. The lowest BCUT2D eigenvalue weighted by atomic mass is 9.47. The number of hydrogen-bond acceptors (Lipinski definition) is 4. The van der Waals surface area contributed by atoms with Crippen molar-refractivity contribution in [1.82, 2.24) is 10.6 Å². The lowest BCUT2D eigenvalue weighted by Crippen LogP contribution is -2.51. The highest BCUT2D eigenvalue weighted by Crippen LogP contribution is 2.67. The normalized spacial score (nSPS) is 42.3. The van der Waals surface area contributed by atoms with E-state index in [1.165, 1.54) is 57.8 Å². The third-order valence-electron chi connectivity index (χ3n) is 13.6. The molecule has 5 fully saturated rings. The molecule has 0 aromatic carbocycles. The van der Waals surface area contributed by atoms with Crippen LogP contribution in [-0.2, 0) is 9.53 Å². The highest BCUT2D eigenvalue weighted by Gasteiger charge is 2.59. The summed E-state index contributed by atoms with van der Waals surface area (Å²) in [6, 6.07) is 0.498. The maximum atomic E-state index is 12.8. The van der Waals surface area contributed by atoms with E-state index in [1.807, 2.05) is 11.8 Å². The van der Waals surface area contributed by atoms with Crippen LogP contribution in [0.15, 0.2) is 11.6 Å². The summed E-state index contributed by atoms with van der Waals surface area (Å²) in [5.41, 5.74) is 2.44. The van der Waals surface area contributed by atoms with Crippen molar-refractivity contribution in [2.75, 3.05) is 5.75 Å². The Balaban J connectivity index is 0.979. The van der Waals surface area contributed by atoms with Crippen LogP contribution in [-0.4, -0.2) is 41.2 Å². The van der Waals surface area contributed by atoms with Crippen molar-refractivity contribution in [3.05, 3.63) is 11.6 Å². The van der Waals surface area contributed by atoms with Crippen molar-refractivity contribution in [2.45, 2.75) is 154 Å². The Kier molecular flexibility index (Phi) is 9.55. The number of esters is 1. The van der Waals surface area contributed by atoms with Gasteiger partial charge in [0.1, 0.15) is 6.10 Å². The second-order valence-corrected chi connectivity index (χ2v) is 17.8. The molecule has 0 aromatic heterocycles. The van der Waals surface area contributed by atoms with E-state index in [0.717, 1.165) is 73.4 Å². The van der Waals surface area contributed by atoms with Crippen LogP contribution < -0.4 is 10.6 Å². The van der Waals surface area contributed by atoms with Gasteiger partial charge in [-0.2, -0.15) is 11.8 Å². The van der Waals surface area contributed by atoms with E-state index in [2.05, 4.69) is 51.3 Å². The minimum absolute atomic E-state index is 0.0105. The maximum Gasteiger partial charge on any atom is 0.315 e. The molecule has 0 spiro atoms. The molecule has 2 heterocycles. The number of fused-ring (bicyclic) bond motifs is 6. The average Bonchev–Trinajstić information content (AvgIpc) is 3.62. The predicted molar refractivity (Wildman–Crippen MR) is 177 cm³/mol. The first-order valence-corrected chi connectivity index (χ1v) is 19.2. The first kappa shape index (κ1) is 31.8. The summed E-state index contributed by atoms with van der Waals surface area (Å²) in [6.07, 6.45) is 20.5. The van der Waals surface area contributed by atoms with Crippen LogP contribution in [0.2, 0.25) is 0 Å². The van der Waals surface area contributed by atoms with Gasteiger partial charge in [-0.15, -0.1) is 0 Å². The van der Waals surface area contributed by atoms with Gasteiger partial charge in [-0.3, -0.25) is 4.79 Å². The maximum absolute atomic E-state index is 12.8. The molecule has 5 nitrogen and oxygen atoms in total. The number of amides is 2. The van der Waals surface area contributed by atoms with Gasteiger partial charge >= 0.3 is 12.0 Å². The topological polar surface area (TPSA) is 67.4 Å². The molecule has 43 heavy (non-hydrogen) atoms. The summed E-state index contributed by atoms with van der Waals surface area (Å²) in [5, 5.41) is 6.55. The van der Waals surface area contributed by atoms with Crippen LogP contribution in [0.5, 0.6) is 0 Å². The van der Waals surface area contributed by atoms with Gasteiger partial charge in [-0.05, 0) is 104 Å². The quantitative estimate of drug-likeness (QED) is 0.106. The molecular formula is C37H60N2O3S. The van der Waals surface area contributed by atoms with E-state index in [1.54, 1.807) is 5.57 Å². The number of allylic oxidation sites excluding steroid dienone is 1. The Morgan fingerprint density at radius 1 is 1.02 bits per heavy atom. The molecule has 2 N–H and O–H groups in total. The van der Waals surface area contributed by atoms with E-state index in [-0.39, 0.29) is 30.2 Å². The Hall–Kier alpha value is -1.17. The van der Waals surface area contributed by atoms with Gasteiger partial charge in [0.15, 0.2) is 0 Å². The molecule has 11 atom stereocenters. The number of hydrogen-bond donors (Lipinski definition) is 2. The fourth-order valence-electron chi connectivity index (χ4n) is 11.3. The lowest BCUT2D eigenvalue weighted by molar-refractivity contribution is -0.151. The SMILES string of the molecule is CC(C)CCC[C@@H](C)[C@H]1CC[C@H]2[C@@H]3CC=C4C[C@@H](OC(=O)CCCC[C@@H]5SC[C@@H]6NC(=O)N[C@@H]65)CC[C@]4(C)[C@H]3CC[C@]12C. The van der Waals surface area contributed by atoms with E-state index >= 15 is 0 Å². The van der Waals surface area contributed by atoms with Crippen LogP contribution >= 0.6 is 11.8 Å². The monoisotopic (exact) mass is 612 g/mol. The molecule has 242 valence electrons. The molecule has 2 amide bonds. The fraction of sp³-hybridized carbons (Fsp3) is 0.892. The van der Waals surface area contributed by atoms with Gasteiger partial charge in [0.25, 0.3) is 0 Å². The van der Waals surface area contributed by atoms with Gasteiger partial charge in [-0.25, -0.2) is 4.79 Å². The summed E-state index contributed by atoms with van der Waals surface area (Å²) >= 11 is 1.95. The van der Waals surface area contributed by atoms with Gasteiger partial charge < -0.3 is 15.4 Å². The molecule has 0 aromatic rings. The van der Waals surface area contributed by atoms with Gasteiger partial charge in [0.2, 0.25) is 0 Å². The molecule has 0 bridgehead atoms. The summed E-state index contributed by atoms with van der Waals surface area (Å²) < 4.78 is 6.10. The van der Waals surface area contributed by atoms with Crippen LogP contribution in [0, 0.1) is 46.3 Å². The Morgan fingerprint density at radius 3 is 2.67 bits per heavy atom. The third-order valence-corrected chi connectivity index (χ3v) is 15.1. The zero-order chi connectivity index (χ0) is 30.4. The fourth-order valence-corrected chi connectivity index (χ4v) is 12.8. The van der Waals surface area contributed by atoms with E-state index in [9.17, 15) is 9.59 Å². The minimum atomic E-state index is -0.0252. The molecule has 0 unspecified atom stereocenters. The molecule has 6 heteroatoms. The van der Waals surface area contributed by atoms with Gasteiger partial charge in [0, 0.05) is 23.8 Å². The lowest BCUT2D eigenvalue weighted by Gasteiger charge is -2.58. The largest absolute Gasteiger partial charge is 0.462 e. The van der Waals surface area contributed by atoms with Crippen molar-refractivity contribution in [2.24, 2.45) is 46.3 Å². The zero-order valence-corrected chi connectivity index (χ0v) is 28.6. The van der Waals surface area contributed by atoms with Crippen molar-refractivity contribution >= 4 is 23.8 Å². The number of unbranched alkanes of at least 4 members (excludes halogenated alkanes) is 1. The predicted octanol–water partition coefficient (Wildman–Crippen LogP) is 8.67. The van der Waals surface area contributed by atoms with Crippen LogP contribution in [0.3, 0.4) is 0 Å². The van der Waals surface area contributed by atoms with Crippen molar-refractivity contribution < 1.29 is 14.3 Å². The number of nitrogens with one attached hydrogen (secondary N) is 2. The molecule has 3 saturated carbocycles. The Morgan fingerprint density at radius 2 is 1.86 bits per heavy atom. The highest BCUT2D eigenvalue weighted by molar-refractivity contribution is 8.00. The van der Waals surface area contributed by atoms with Gasteiger partial charge in [0.05, 0.1) is 12.1 Å². The number of urea groups is 1. The van der Waals surface area contributed by atoms with Crippen molar-refractivity contribution in [3.63, 3.8) is 0 Å². The van der Waals surface area contributed by atoms with E-state index < -0.39 is 0 Å². The molecule has 2 aliphatic heterocycles. The van der Waals surface area contributed by atoms with E-state index in [4.69, 9.17) is 4.74 Å². The second kappa shape index (κ2) is 12.9. The average molecular weight is 613 g/mol. The minimum Gasteiger partial charge on any atom is -0.462 e. The summed E-state index contributed by atoms with van der Waals surface area (Å²) in [7, 11) is 0. The molecule has 6 aliphatic rings. The summed E-state index contributed by atoms with van der Waals surface area (Å²) in [4.78, 5) is 24.5. The molecule has 6 rings (SSSR count). The standard InChI is InChI=1S/C37H60N2O3S/c1-23(2)9-8-10-24(3)28-15-16-29-27-14-13-25-21-26(17-19-36(25,4)30(27)18-20-37(28,29)5)42-33(40)12-7-6-11-32-34-31(22-43-32)38-35(41)39-34/h13,23-24,26-32,34H,6-12,14-22H2,1-5H3,(H2,38,39,41)/t24-,26+,27+,28-,29+,30+,31+,32+,34+,36+,37-/m1/s1. The summed E-state index contributed by atoms with van der Waals surface area (Å²) in [6.45, 7) is 12.6. The van der Waals surface area contributed by atoms with Gasteiger partial charge in [-0.1, -0.05) is 72.0 Å². The third kappa shape index (κ3) is 6.30.